The molecule has 20 heavy (non-hydrogen) atoms. The molecule has 0 amide bonds. The van der Waals surface area contributed by atoms with Crippen LogP contribution in [0.15, 0.2) is 39.0 Å². The third-order valence-electron chi connectivity index (χ3n) is 2.42. The number of benzene rings is 1. The third kappa shape index (κ3) is 3.51. The van der Waals surface area contributed by atoms with Crippen LogP contribution in [-0.2, 0) is 16.6 Å². The largest absolute Gasteiger partial charge is 0.497 e. The molecule has 5 nitrogen and oxygen atoms in total. The molecule has 0 unspecified atom stereocenters. The maximum absolute atomic E-state index is 12.2. The van der Waals surface area contributed by atoms with Gasteiger partial charge in [-0.25, -0.2) is 8.42 Å². The van der Waals surface area contributed by atoms with Gasteiger partial charge in [-0.05, 0) is 24.3 Å². The first-order valence-electron chi connectivity index (χ1n) is 5.51. The van der Waals surface area contributed by atoms with Crippen molar-refractivity contribution in [3.8, 4) is 5.75 Å². The van der Waals surface area contributed by atoms with Gasteiger partial charge in [0, 0.05) is 15.4 Å². The first-order chi connectivity index (χ1) is 9.44. The lowest BCUT2D eigenvalue weighted by atomic mass is 10.3. The Morgan fingerprint density at radius 3 is 2.70 bits per heavy atom. The van der Waals surface area contributed by atoms with E-state index in [0.29, 0.717) is 20.8 Å². The van der Waals surface area contributed by atoms with Gasteiger partial charge in [0.2, 0.25) is 0 Å². The fraction of sp³-hybridized carbons (Fsp3) is 0.167. The summed E-state index contributed by atoms with van der Waals surface area (Å²) in [5, 5.41) is 8.98. The Morgan fingerprint density at radius 1 is 1.35 bits per heavy atom. The van der Waals surface area contributed by atoms with Gasteiger partial charge < -0.3 is 9.84 Å². The van der Waals surface area contributed by atoms with Crippen LogP contribution in [0.25, 0.3) is 0 Å². The summed E-state index contributed by atoms with van der Waals surface area (Å²) in [5.41, 5.74) is 0.398. The lowest BCUT2D eigenvalue weighted by molar-refractivity contribution is 0.285. The molecule has 2 N–H and O–H groups in total. The van der Waals surface area contributed by atoms with Crippen LogP contribution < -0.4 is 9.46 Å². The van der Waals surface area contributed by atoms with Gasteiger partial charge in [0.05, 0.1) is 19.4 Å². The van der Waals surface area contributed by atoms with Gasteiger partial charge in [-0.3, -0.25) is 4.72 Å². The number of aliphatic hydroxyl groups is 1. The minimum atomic E-state index is -3.66. The van der Waals surface area contributed by atoms with Crippen molar-refractivity contribution in [2.75, 3.05) is 11.8 Å². The van der Waals surface area contributed by atoms with E-state index in [-0.39, 0.29) is 10.8 Å². The predicted octanol–water partition coefficient (Wildman–Crippen LogP) is 2.81. The van der Waals surface area contributed by atoms with Gasteiger partial charge in [-0.2, -0.15) is 0 Å². The summed E-state index contributed by atoms with van der Waals surface area (Å²) in [6.45, 7) is -0.176. The van der Waals surface area contributed by atoms with Crippen molar-refractivity contribution in [3.05, 3.63) is 39.7 Å². The second-order valence-corrected chi connectivity index (χ2v) is 7.86. The molecule has 0 atom stereocenters. The van der Waals surface area contributed by atoms with Crippen molar-refractivity contribution < 1.29 is 18.3 Å². The van der Waals surface area contributed by atoms with E-state index in [9.17, 15) is 8.42 Å². The Morgan fingerprint density at radius 2 is 2.10 bits per heavy atom. The van der Waals surface area contributed by atoms with E-state index < -0.39 is 10.0 Å². The second-order valence-electron chi connectivity index (χ2n) is 3.86. The van der Waals surface area contributed by atoms with E-state index in [1.165, 1.54) is 13.2 Å². The van der Waals surface area contributed by atoms with Crippen molar-refractivity contribution in [1.82, 2.24) is 0 Å². The molecular weight excluding hydrogens is 366 g/mol. The summed E-state index contributed by atoms with van der Waals surface area (Å²) < 4.78 is 32.8. The summed E-state index contributed by atoms with van der Waals surface area (Å²) in [4.78, 5) is 0.595. The van der Waals surface area contributed by atoms with Crippen LogP contribution >= 0.6 is 27.3 Å². The average molecular weight is 378 g/mol. The van der Waals surface area contributed by atoms with Crippen LogP contribution in [0, 0.1) is 0 Å². The van der Waals surface area contributed by atoms with E-state index in [1.807, 2.05) is 0 Å². The standard InChI is InChI=1S/C12H12BrNO4S2/c1-18-10-5-8(13)4-9(6-10)14-20(16,17)12-3-2-11(7-15)19-12/h2-6,14-15H,7H2,1H3. The first kappa shape index (κ1) is 15.3. The molecule has 0 aliphatic heterocycles. The molecule has 1 aromatic heterocycles. The highest BCUT2D eigenvalue weighted by Crippen LogP contribution is 2.28. The van der Waals surface area contributed by atoms with E-state index in [2.05, 4.69) is 20.7 Å². The second kappa shape index (κ2) is 6.13. The fourth-order valence-corrected chi connectivity index (χ4v) is 4.26. The molecule has 2 rings (SSSR count). The van der Waals surface area contributed by atoms with Gasteiger partial charge in [0.15, 0.2) is 0 Å². The number of sulfonamides is 1. The van der Waals surface area contributed by atoms with E-state index in [1.54, 1.807) is 24.3 Å². The van der Waals surface area contributed by atoms with E-state index in [0.717, 1.165) is 11.3 Å². The van der Waals surface area contributed by atoms with E-state index >= 15 is 0 Å². The Labute approximate surface area is 129 Å². The van der Waals surface area contributed by atoms with Crippen molar-refractivity contribution in [2.24, 2.45) is 0 Å². The quantitative estimate of drug-likeness (QED) is 0.839. The molecule has 1 heterocycles. The molecule has 0 saturated carbocycles. The summed E-state index contributed by atoms with van der Waals surface area (Å²) in [5.74, 6) is 0.541. The summed E-state index contributed by atoms with van der Waals surface area (Å²) in [6, 6.07) is 8.00. The number of rotatable bonds is 5. The molecule has 0 spiro atoms. The summed E-state index contributed by atoms with van der Waals surface area (Å²) in [7, 11) is -2.16. The number of halogens is 1. The predicted molar refractivity (Wildman–Crippen MR) is 81.7 cm³/mol. The molecule has 108 valence electrons. The van der Waals surface area contributed by atoms with Crippen LogP contribution in [0.2, 0.25) is 0 Å². The molecule has 0 aliphatic carbocycles. The summed E-state index contributed by atoms with van der Waals surface area (Å²) in [6.07, 6.45) is 0. The molecule has 0 radical (unpaired) electrons. The van der Waals surface area contributed by atoms with Gasteiger partial charge in [0.25, 0.3) is 10.0 Å². The zero-order chi connectivity index (χ0) is 14.8. The van der Waals surface area contributed by atoms with Crippen molar-refractivity contribution >= 4 is 43.0 Å². The average Bonchev–Trinajstić information content (AvgIpc) is 2.87. The number of methoxy groups -OCH3 is 1. The fourth-order valence-electron chi connectivity index (χ4n) is 1.53. The van der Waals surface area contributed by atoms with Crippen LogP contribution in [0.3, 0.4) is 0 Å². The number of ether oxygens (including phenoxy) is 1. The SMILES string of the molecule is COc1cc(Br)cc(NS(=O)(=O)c2ccc(CO)s2)c1. The number of nitrogens with one attached hydrogen (secondary N) is 1. The molecular formula is C12H12BrNO4S2. The van der Waals surface area contributed by atoms with Gasteiger partial charge >= 0.3 is 0 Å². The normalized spacial score (nSPS) is 11.3. The van der Waals surface area contributed by atoms with Gasteiger partial charge in [0.1, 0.15) is 9.96 Å². The zero-order valence-electron chi connectivity index (χ0n) is 10.5. The maximum Gasteiger partial charge on any atom is 0.271 e. The Bertz CT molecular complexity index is 712. The first-order valence-corrected chi connectivity index (χ1v) is 8.61. The van der Waals surface area contributed by atoms with Crippen LogP contribution in [0.5, 0.6) is 5.75 Å². The minimum Gasteiger partial charge on any atom is -0.497 e. The topological polar surface area (TPSA) is 75.6 Å². The van der Waals surface area contributed by atoms with Crippen LogP contribution in [-0.4, -0.2) is 20.6 Å². The molecule has 2 aromatic rings. The number of hydrogen-bond donors (Lipinski definition) is 2. The monoisotopic (exact) mass is 377 g/mol. The van der Waals surface area contributed by atoms with Gasteiger partial charge in [-0.1, -0.05) is 15.9 Å². The number of aliphatic hydroxyl groups excluding tert-OH is 1. The highest BCUT2D eigenvalue weighted by Gasteiger charge is 2.17. The Balaban J connectivity index is 2.30. The van der Waals surface area contributed by atoms with Crippen molar-refractivity contribution in [3.63, 3.8) is 0 Å². The third-order valence-corrected chi connectivity index (χ3v) is 5.82. The molecule has 0 bridgehead atoms. The Hall–Kier alpha value is -1.09. The van der Waals surface area contributed by atoms with Gasteiger partial charge in [-0.15, -0.1) is 11.3 Å². The highest BCUT2D eigenvalue weighted by molar-refractivity contribution is 9.10. The molecule has 8 heteroatoms. The number of thiophene rings is 1. The number of anilines is 1. The minimum absolute atomic E-state index is 0.153. The van der Waals surface area contributed by atoms with Crippen molar-refractivity contribution in [1.29, 1.82) is 0 Å². The highest BCUT2D eigenvalue weighted by atomic mass is 79.9. The van der Waals surface area contributed by atoms with Crippen LogP contribution in [0.4, 0.5) is 5.69 Å². The molecule has 0 fully saturated rings. The smallest absolute Gasteiger partial charge is 0.271 e. The van der Waals surface area contributed by atoms with E-state index in [4.69, 9.17) is 9.84 Å². The zero-order valence-corrected chi connectivity index (χ0v) is 13.7. The number of hydrogen-bond acceptors (Lipinski definition) is 5. The van der Waals surface area contributed by atoms with Crippen LogP contribution in [0.1, 0.15) is 4.88 Å². The molecule has 0 aliphatic rings. The summed E-state index contributed by atoms with van der Waals surface area (Å²) >= 11 is 4.32. The Kier molecular flexibility index (Phi) is 4.69. The van der Waals surface area contributed by atoms with Crippen molar-refractivity contribution in [2.45, 2.75) is 10.8 Å². The molecule has 0 saturated heterocycles. The lowest BCUT2D eigenvalue weighted by Crippen LogP contribution is -2.11. The molecule has 1 aromatic carbocycles. The maximum atomic E-state index is 12.2. The lowest BCUT2D eigenvalue weighted by Gasteiger charge is -2.08.